The largest absolute Gasteiger partial charge is 0.373 e. The third kappa shape index (κ3) is 3.97. The van der Waals surface area contributed by atoms with Crippen molar-refractivity contribution in [1.82, 2.24) is 15.0 Å². The normalized spacial score (nSPS) is 11.0. The number of carbonyl (C=O) groups is 1. The molecule has 0 aliphatic carbocycles. The first-order valence-corrected chi connectivity index (χ1v) is 6.88. The Morgan fingerprint density at radius 1 is 1.44 bits per heavy atom. The van der Waals surface area contributed by atoms with Gasteiger partial charge in [-0.15, -0.1) is 0 Å². The smallest absolute Gasteiger partial charge is 0.241 e. The van der Waals surface area contributed by atoms with Crippen LogP contribution in [0.25, 0.3) is 0 Å². The van der Waals surface area contributed by atoms with Crippen LogP contribution in [-0.4, -0.2) is 39.4 Å². The fourth-order valence-electron chi connectivity index (χ4n) is 1.22. The highest BCUT2D eigenvalue weighted by Gasteiger charge is 2.15. The van der Waals surface area contributed by atoms with Gasteiger partial charge in [-0.3, -0.25) is 4.79 Å². The summed E-state index contributed by atoms with van der Waals surface area (Å²) in [4.78, 5) is 15.2. The fourth-order valence-corrected chi connectivity index (χ4v) is 2.21. The molecule has 0 aliphatic rings. The standard InChI is InChI=1S/C10H16N4O3S/c1-3-12-10(15)7-14-18(16,17)8-4-5-13-9(6-8)11-2/h4-6,14H,3,7H2,1-2H3,(H,11,13)(H,12,15). The average molecular weight is 272 g/mol. The number of hydrogen-bond acceptors (Lipinski definition) is 5. The Labute approximate surface area is 106 Å². The van der Waals surface area contributed by atoms with E-state index in [1.54, 1.807) is 14.0 Å². The van der Waals surface area contributed by atoms with Crippen molar-refractivity contribution in [2.45, 2.75) is 11.8 Å². The Hall–Kier alpha value is -1.67. The minimum absolute atomic E-state index is 0.0612. The van der Waals surface area contributed by atoms with Gasteiger partial charge in [-0.05, 0) is 13.0 Å². The molecule has 0 unspecified atom stereocenters. The molecule has 0 atom stereocenters. The number of aromatic nitrogens is 1. The van der Waals surface area contributed by atoms with Gasteiger partial charge in [0, 0.05) is 25.9 Å². The van der Waals surface area contributed by atoms with E-state index in [-0.39, 0.29) is 17.3 Å². The molecule has 7 nitrogen and oxygen atoms in total. The van der Waals surface area contributed by atoms with E-state index in [0.29, 0.717) is 12.4 Å². The lowest BCUT2D eigenvalue weighted by Gasteiger charge is -2.07. The predicted molar refractivity (Wildman–Crippen MR) is 67.7 cm³/mol. The van der Waals surface area contributed by atoms with E-state index < -0.39 is 10.0 Å². The molecular formula is C10H16N4O3S. The molecule has 18 heavy (non-hydrogen) atoms. The summed E-state index contributed by atoms with van der Waals surface area (Å²) in [6, 6.07) is 2.75. The third-order valence-corrected chi connectivity index (χ3v) is 3.49. The minimum Gasteiger partial charge on any atom is -0.373 e. The second-order valence-electron chi connectivity index (χ2n) is 3.40. The highest BCUT2D eigenvalue weighted by atomic mass is 32.2. The van der Waals surface area contributed by atoms with Crippen LogP contribution in [-0.2, 0) is 14.8 Å². The summed E-state index contributed by atoms with van der Waals surface area (Å²) >= 11 is 0. The van der Waals surface area contributed by atoms with Gasteiger partial charge in [0.2, 0.25) is 15.9 Å². The van der Waals surface area contributed by atoms with E-state index >= 15 is 0 Å². The molecule has 0 saturated heterocycles. The van der Waals surface area contributed by atoms with Gasteiger partial charge < -0.3 is 10.6 Å². The molecule has 0 bridgehead atoms. The van der Waals surface area contributed by atoms with Crippen LogP contribution in [0, 0.1) is 0 Å². The Morgan fingerprint density at radius 3 is 2.78 bits per heavy atom. The van der Waals surface area contributed by atoms with Gasteiger partial charge >= 0.3 is 0 Å². The summed E-state index contributed by atoms with van der Waals surface area (Å²) in [7, 11) is -2.06. The molecule has 0 fully saturated rings. The Kier molecular flexibility index (Phi) is 5.05. The summed E-state index contributed by atoms with van der Waals surface area (Å²) < 4.78 is 25.9. The van der Waals surface area contributed by atoms with Gasteiger partial charge in [0.05, 0.1) is 11.4 Å². The van der Waals surface area contributed by atoms with Crippen molar-refractivity contribution in [2.24, 2.45) is 0 Å². The molecular weight excluding hydrogens is 256 g/mol. The summed E-state index contributed by atoms with van der Waals surface area (Å²) in [5, 5.41) is 5.24. The number of amides is 1. The van der Waals surface area contributed by atoms with Gasteiger partial charge in [0.15, 0.2) is 0 Å². The van der Waals surface area contributed by atoms with E-state index in [2.05, 4.69) is 20.3 Å². The third-order valence-electron chi connectivity index (χ3n) is 2.09. The summed E-state index contributed by atoms with van der Waals surface area (Å²) in [6.45, 7) is 1.93. The first-order valence-electron chi connectivity index (χ1n) is 5.39. The van der Waals surface area contributed by atoms with Crippen LogP contribution in [0.3, 0.4) is 0 Å². The highest BCUT2D eigenvalue weighted by Crippen LogP contribution is 2.11. The molecule has 3 N–H and O–H groups in total. The van der Waals surface area contributed by atoms with E-state index in [1.807, 2.05) is 0 Å². The van der Waals surface area contributed by atoms with Gasteiger partial charge in [-0.1, -0.05) is 0 Å². The van der Waals surface area contributed by atoms with Crippen LogP contribution < -0.4 is 15.4 Å². The summed E-state index contributed by atoms with van der Waals surface area (Å²) in [6.07, 6.45) is 1.38. The molecule has 1 aromatic rings. The van der Waals surface area contributed by atoms with E-state index in [9.17, 15) is 13.2 Å². The van der Waals surface area contributed by atoms with E-state index in [1.165, 1.54) is 18.3 Å². The lowest BCUT2D eigenvalue weighted by molar-refractivity contribution is -0.119. The zero-order valence-corrected chi connectivity index (χ0v) is 11.0. The molecule has 0 aliphatic heterocycles. The minimum atomic E-state index is -3.70. The Bertz CT molecular complexity index is 516. The number of nitrogens with one attached hydrogen (secondary N) is 3. The quantitative estimate of drug-likeness (QED) is 0.650. The maximum atomic E-state index is 11.9. The second-order valence-corrected chi connectivity index (χ2v) is 5.17. The zero-order chi connectivity index (χ0) is 13.6. The number of nitrogens with zero attached hydrogens (tertiary/aromatic N) is 1. The lowest BCUT2D eigenvalue weighted by Crippen LogP contribution is -2.36. The topological polar surface area (TPSA) is 100 Å². The molecule has 0 spiro atoms. The number of sulfonamides is 1. The molecule has 0 radical (unpaired) electrons. The zero-order valence-electron chi connectivity index (χ0n) is 10.2. The van der Waals surface area contributed by atoms with Crippen LogP contribution >= 0.6 is 0 Å². The van der Waals surface area contributed by atoms with Crippen molar-refractivity contribution in [3.05, 3.63) is 18.3 Å². The molecule has 100 valence electrons. The van der Waals surface area contributed by atoms with Crippen LogP contribution in [0.1, 0.15) is 6.92 Å². The number of rotatable bonds is 6. The van der Waals surface area contributed by atoms with Gasteiger partial charge in [0.25, 0.3) is 0 Å². The van der Waals surface area contributed by atoms with Crippen molar-refractivity contribution in [3.63, 3.8) is 0 Å². The molecule has 0 aromatic carbocycles. The van der Waals surface area contributed by atoms with Crippen LogP contribution in [0.4, 0.5) is 5.82 Å². The Balaban J connectivity index is 2.76. The predicted octanol–water partition coefficient (Wildman–Crippen LogP) is -0.462. The highest BCUT2D eigenvalue weighted by molar-refractivity contribution is 7.89. The number of anilines is 1. The van der Waals surface area contributed by atoms with Crippen LogP contribution in [0.15, 0.2) is 23.2 Å². The van der Waals surface area contributed by atoms with Crippen molar-refractivity contribution in [3.8, 4) is 0 Å². The monoisotopic (exact) mass is 272 g/mol. The number of pyridine rings is 1. The number of likely N-dealkylation sites (N-methyl/N-ethyl adjacent to an activating group) is 1. The average Bonchev–Trinajstić information content (AvgIpc) is 2.37. The van der Waals surface area contributed by atoms with Crippen molar-refractivity contribution >= 4 is 21.7 Å². The van der Waals surface area contributed by atoms with E-state index in [0.717, 1.165) is 0 Å². The van der Waals surface area contributed by atoms with Crippen LogP contribution in [0.5, 0.6) is 0 Å². The van der Waals surface area contributed by atoms with Crippen molar-refractivity contribution < 1.29 is 13.2 Å². The SMILES string of the molecule is CCNC(=O)CNS(=O)(=O)c1ccnc(NC)c1. The maximum absolute atomic E-state index is 11.9. The summed E-state index contributed by atoms with van der Waals surface area (Å²) in [5.74, 6) is 0.0693. The second kappa shape index (κ2) is 6.31. The summed E-state index contributed by atoms with van der Waals surface area (Å²) in [5.41, 5.74) is 0. The molecule has 1 amide bonds. The lowest BCUT2D eigenvalue weighted by atomic mass is 10.5. The number of carbonyl (C=O) groups excluding carboxylic acids is 1. The van der Waals surface area contributed by atoms with Gasteiger partial charge in [-0.2, -0.15) is 0 Å². The van der Waals surface area contributed by atoms with E-state index in [4.69, 9.17) is 0 Å². The van der Waals surface area contributed by atoms with Gasteiger partial charge in [-0.25, -0.2) is 18.1 Å². The van der Waals surface area contributed by atoms with Crippen molar-refractivity contribution in [2.75, 3.05) is 25.5 Å². The van der Waals surface area contributed by atoms with Gasteiger partial charge in [0.1, 0.15) is 5.82 Å². The fraction of sp³-hybridized carbons (Fsp3) is 0.400. The van der Waals surface area contributed by atoms with Crippen LogP contribution in [0.2, 0.25) is 0 Å². The molecule has 1 rings (SSSR count). The van der Waals surface area contributed by atoms with Crippen molar-refractivity contribution in [1.29, 1.82) is 0 Å². The molecule has 0 saturated carbocycles. The Morgan fingerprint density at radius 2 is 2.17 bits per heavy atom. The maximum Gasteiger partial charge on any atom is 0.241 e. The first kappa shape index (κ1) is 14.4. The molecule has 1 aromatic heterocycles. The molecule has 8 heteroatoms. The first-order chi connectivity index (χ1) is 8.49. The molecule has 1 heterocycles. The number of hydrogen-bond donors (Lipinski definition) is 3.